The van der Waals surface area contributed by atoms with Crippen molar-refractivity contribution in [2.45, 2.75) is 6.92 Å². The summed E-state index contributed by atoms with van der Waals surface area (Å²) in [6.45, 7) is 6.18. The smallest absolute Gasteiger partial charge is 0.339 e. The maximum Gasteiger partial charge on any atom is 0.339 e. The molecule has 0 fully saturated rings. The molecule has 0 saturated heterocycles. The van der Waals surface area contributed by atoms with E-state index in [1.807, 2.05) is 0 Å². The normalized spacial score (nSPS) is 9.58. The Hall–Kier alpha value is -1.59. The fourth-order valence-electron chi connectivity index (χ4n) is 1.31. The zero-order chi connectivity index (χ0) is 14.3. The number of halogens is 1. The molecule has 1 rings (SSSR count). The van der Waals surface area contributed by atoms with Gasteiger partial charge >= 0.3 is 5.97 Å². The molecule has 19 heavy (non-hydrogen) atoms. The standard InChI is InChI=1S/C13H15ClN2O2S/c1-3-7-15-13(19)16-9-5-6-11(14)10(8-9)12(17)18-4-2/h3,5-6,8H,1,4,7H2,2H3,(H2,15,16,19). The number of carbonyl (C=O) groups is 1. The van der Waals surface area contributed by atoms with Crippen LogP contribution in [0.5, 0.6) is 0 Å². The molecule has 0 heterocycles. The van der Waals surface area contributed by atoms with Gasteiger partial charge in [-0.1, -0.05) is 17.7 Å². The third kappa shape index (κ3) is 4.89. The van der Waals surface area contributed by atoms with E-state index in [2.05, 4.69) is 17.2 Å². The van der Waals surface area contributed by atoms with Crippen LogP contribution in [0.15, 0.2) is 30.9 Å². The van der Waals surface area contributed by atoms with Gasteiger partial charge in [0, 0.05) is 12.2 Å². The third-order valence-corrected chi connectivity index (χ3v) is 2.70. The van der Waals surface area contributed by atoms with Gasteiger partial charge < -0.3 is 15.4 Å². The maximum absolute atomic E-state index is 11.7. The summed E-state index contributed by atoms with van der Waals surface area (Å²) in [5.41, 5.74) is 0.967. The molecule has 0 unspecified atom stereocenters. The summed E-state index contributed by atoms with van der Waals surface area (Å²) in [4.78, 5) is 11.7. The summed E-state index contributed by atoms with van der Waals surface area (Å²) in [6.07, 6.45) is 1.69. The van der Waals surface area contributed by atoms with Crippen LogP contribution in [-0.4, -0.2) is 24.2 Å². The number of anilines is 1. The fraction of sp³-hybridized carbons (Fsp3) is 0.231. The lowest BCUT2D eigenvalue weighted by Crippen LogP contribution is -2.28. The molecule has 0 radical (unpaired) electrons. The molecule has 0 spiro atoms. The van der Waals surface area contributed by atoms with Crippen LogP contribution in [-0.2, 0) is 4.74 Å². The lowest BCUT2D eigenvalue weighted by molar-refractivity contribution is 0.0526. The van der Waals surface area contributed by atoms with E-state index in [0.717, 1.165) is 0 Å². The molecular formula is C13H15ClN2O2S. The van der Waals surface area contributed by atoms with E-state index in [0.29, 0.717) is 34.5 Å². The number of benzene rings is 1. The van der Waals surface area contributed by atoms with Gasteiger partial charge in [-0.05, 0) is 37.3 Å². The predicted octanol–water partition coefficient (Wildman–Crippen LogP) is 2.99. The van der Waals surface area contributed by atoms with Crippen molar-refractivity contribution >= 4 is 40.6 Å². The van der Waals surface area contributed by atoms with Gasteiger partial charge in [-0.3, -0.25) is 0 Å². The Labute approximate surface area is 122 Å². The summed E-state index contributed by atoms with van der Waals surface area (Å²) >= 11 is 11.0. The van der Waals surface area contributed by atoms with Gasteiger partial charge in [-0.15, -0.1) is 6.58 Å². The van der Waals surface area contributed by atoms with Crippen LogP contribution in [0.1, 0.15) is 17.3 Å². The molecule has 0 saturated carbocycles. The van der Waals surface area contributed by atoms with Crippen molar-refractivity contribution in [3.8, 4) is 0 Å². The van der Waals surface area contributed by atoms with E-state index in [1.54, 1.807) is 31.2 Å². The average Bonchev–Trinajstić information content (AvgIpc) is 2.39. The monoisotopic (exact) mass is 298 g/mol. The highest BCUT2D eigenvalue weighted by atomic mass is 35.5. The SMILES string of the molecule is C=CCNC(=S)Nc1ccc(Cl)c(C(=O)OCC)c1. The lowest BCUT2D eigenvalue weighted by Gasteiger charge is -2.11. The van der Waals surface area contributed by atoms with Crippen molar-refractivity contribution in [1.29, 1.82) is 0 Å². The minimum Gasteiger partial charge on any atom is -0.462 e. The second kappa shape index (κ2) is 7.76. The number of ether oxygens (including phenoxy) is 1. The fourth-order valence-corrected chi connectivity index (χ4v) is 1.70. The Kier molecular flexibility index (Phi) is 6.32. The molecule has 0 aliphatic carbocycles. The first-order chi connectivity index (χ1) is 9.08. The molecule has 0 atom stereocenters. The summed E-state index contributed by atoms with van der Waals surface area (Å²) < 4.78 is 4.92. The Balaban J connectivity index is 2.81. The largest absolute Gasteiger partial charge is 0.462 e. The van der Waals surface area contributed by atoms with Crippen LogP contribution in [0.2, 0.25) is 5.02 Å². The second-order valence-electron chi connectivity index (χ2n) is 3.54. The maximum atomic E-state index is 11.7. The molecule has 0 amide bonds. The van der Waals surface area contributed by atoms with E-state index >= 15 is 0 Å². The van der Waals surface area contributed by atoms with E-state index < -0.39 is 5.97 Å². The van der Waals surface area contributed by atoms with Gasteiger partial charge in [0.2, 0.25) is 0 Å². The van der Waals surface area contributed by atoms with Crippen LogP contribution in [0, 0.1) is 0 Å². The number of nitrogens with one attached hydrogen (secondary N) is 2. The zero-order valence-electron chi connectivity index (χ0n) is 10.5. The van der Waals surface area contributed by atoms with Gasteiger partial charge in [0.1, 0.15) is 0 Å². The van der Waals surface area contributed by atoms with Crippen LogP contribution in [0.4, 0.5) is 5.69 Å². The van der Waals surface area contributed by atoms with Crippen LogP contribution >= 0.6 is 23.8 Å². The quantitative estimate of drug-likeness (QED) is 0.497. The zero-order valence-corrected chi connectivity index (χ0v) is 12.1. The molecule has 2 N–H and O–H groups in total. The van der Waals surface area contributed by atoms with Crippen molar-refractivity contribution in [3.63, 3.8) is 0 Å². The van der Waals surface area contributed by atoms with Gasteiger partial charge in [0.05, 0.1) is 17.2 Å². The first kappa shape index (κ1) is 15.5. The summed E-state index contributed by atoms with van der Waals surface area (Å²) in [5, 5.41) is 6.65. The van der Waals surface area contributed by atoms with Gasteiger partial charge in [0.15, 0.2) is 5.11 Å². The minimum absolute atomic E-state index is 0.298. The van der Waals surface area contributed by atoms with E-state index in [9.17, 15) is 4.79 Å². The van der Waals surface area contributed by atoms with Crippen molar-refractivity contribution < 1.29 is 9.53 Å². The van der Waals surface area contributed by atoms with E-state index in [-0.39, 0.29) is 0 Å². The highest BCUT2D eigenvalue weighted by molar-refractivity contribution is 7.80. The first-order valence-corrected chi connectivity index (χ1v) is 6.49. The van der Waals surface area contributed by atoms with E-state index in [4.69, 9.17) is 28.6 Å². The van der Waals surface area contributed by atoms with Crippen molar-refractivity contribution in [1.82, 2.24) is 5.32 Å². The minimum atomic E-state index is -0.457. The van der Waals surface area contributed by atoms with Crippen molar-refractivity contribution in [2.75, 3.05) is 18.5 Å². The Morgan fingerprint density at radius 3 is 2.95 bits per heavy atom. The van der Waals surface area contributed by atoms with Crippen molar-refractivity contribution in [3.05, 3.63) is 41.4 Å². The Morgan fingerprint density at radius 1 is 1.58 bits per heavy atom. The topological polar surface area (TPSA) is 50.4 Å². The molecule has 0 aliphatic rings. The number of carbonyl (C=O) groups excluding carboxylic acids is 1. The molecule has 0 aliphatic heterocycles. The lowest BCUT2D eigenvalue weighted by atomic mass is 10.2. The number of esters is 1. The third-order valence-electron chi connectivity index (χ3n) is 2.13. The van der Waals surface area contributed by atoms with Crippen LogP contribution < -0.4 is 10.6 Å². The summed E-state index contributed by atoms with van der Waals surface area (Å²) in [5.74, 6) is -0.457. The van der Waals surface area contributed by atoms with Crippen LogP contribution in [0.3, 0.4) is 0 Å². The van der Waals surface area contributed by atoms with Crippen molar-refractivity contribution in [2.24, 2.45) is 0 Å². The highest BCUT2D eigenvalue weighted by Crippen LogP contribution is 2.21. The molecule has 0 aromatic heterocycles. The number of hydrogen-bond acceptors (Lipinski definition) is 3. The molecular weight excluding hydrogens is 284 g/mol. The number of hydrogen-bond donors (Lipinski definition) is 2. The summed E-state index contributed by atoms with van der Waals surface area (Å²) in [7, 11) is 0. The number of rotatable bonds is 5. The molecule has 1 aromatic rings. The molecule has 4 nitrogen and oxygen atoms in total. The predicted molar refractivity (Wildman–Crippen MR) is 81.8 cm³/mol. The average molecular weight is 299 g/mol. The first-order valence-electron chi connectivity index (χ1n) is 5.71. The molecule has 102 valence electrons. The van der Waals surface area contributed by atoms with Gasteiger partial charge in [-0.2, -0.15) is 0 Å². The second-order valence-corrected chi connectivity index (χ2v) is 4.35. The van der Waals surface area contributed by atoms with Crippen LogP contribution in [0.25, 0.3) is 0 Å². The molecule has 6 heteroatoms. The van der Waals surface area contributed by atoms with Gasteiger partial charge in [0.25, 0.3) is 0 Å². The highest BCUT2D eigenvalue weighted by Gasteiger charge is 2.12. The molecule has 1 aromatic carbocycles. The molecule has 0 bridgehead atoms. The van der Waals surface area contributed by atoms with E-state index in [1.165, 1.54) is 0 Å². The summed E-state index contributed by atoms with van der Waals surface area (Å²) in [6, 6.07) is 4.95. The number of thiocarbonyl (C=S) groups is 1. The Bertz CT molecular complexity index is 492. The Morgan fingerprint density at radius 2 is 2.32 bits per heavy atom. The van der Waals surface area contributed by atoms with Gasteiger partial charge in [-0.25, -0.2) is 4.79 Å².